The highest BCUT2D eigenvalue weighted by Gasteiger charge is 2.19. The van der Waals surface area contributed by atoms with Crippen molar-refractivity contribution in [3.63, 3.8) is 0 Å². The molecular weight excluding hydrogens is 260 g/mol. The summed E-state index contributed by atoms with van der Waals surface area (Å²) < 4.78 is 5.57. The summed E-state index contributed by atoms with van der Waals surface area (Å²) in [6.07, 6.45) is 2.11. The molecule has 3 nitrogen and oxygen atoms in total. The Balaban J connectivity index is 1.93. The molecule has 100 valence electrons. The van der Waals surface area contributed by atoms with Crippen LogP contribution in [0.5, 0.6) is 0 Å². The molecule has 4 heteroatoms. The van der Waals surface area contributed by atoms with Gasteiger partial charge in [0.15, 0.2) is 0 Å². The second-order valence-corrected chi connectivity index (χ2v) is 5.42. The van der Waals surface area contributed by atoms with Gasteiger partial charge >= 0.3 is 0 Å². The Morgan fingerprint density at radius 2 is 2.32 bits per heavy atom. The van der Waals surface area contributed by atoms with Gasteiger partial charge in [-0.1, -0.05) is 23.7 Å². The van der Waals surface area contributed by atoms with Gasteiger partial charge in [-0.2, -0.15) is 0 Å². The molecule has 0 N–H and O–H groups in total. The van der Waals surface area contributed by atoms with E-state index in [2.05, 4.69) is 22.9 Å². The molecule has 1 saturated heterocycles. The molecule has 1 aliphatic heterocycles. The summed E-state index contributed by atoms with van der Waals surface area (Å²) in [7, 11) is 0. The molecule has 0 radical (unpaired) electrons. The maximum Gasteiger partial charge on any atom is 0.0761 e. The summed E-state index contributed by atoms with van der Waals surface area (Å²) in [5.74, 6) is 0. The van der Waals surface area contributed by atoms with Gasteiger partial charge in [0.1, 0.15) is 0 Å². The van der Waals surface area contributed by atoms with E-state index in [1.807, 2.05) is 24.4 Å². The Morgan fingerprint density at radius 1 is 1.42 bits per heavy atom. The lowest BCUT2D eigenvalue weighted by atomic mass is 10.1. The van der Waals surface area contributed by atoms with E-state index in [1.165, 1.54) is 0 Å². The van der Waals surface area contributed by atoms with E-state index >= 15 is 0 Å². The molecule has 1 atom stereocenters. The maximum absolute atomic E-state index is 6.36. The minimum absolute atomic E-state index is 0.287. The quantitative estimate of drug-likeness (QED) is 0.843. The maximum atomic E-state index is 6.36. The SMILES string of the molecule is C[C@H]1CN(Cc2c(Cl)ccc3cccnc23)CCO1. The van der Waals surface area contributed by atoms with Gasteiger partial charge in [-0.3, -0.25) is 9.88 Å². The summed E-state index contributed by atoms with van der Waals surface area (Å²) >= 11 is 6.36. The molecule has 0 bridgehead atoms. The monoisotopic (exact) mass is 276 g/mol. The van der Waals surface area contributed by atoms with Crippen LogP contribution in [0.25, 0.3) is 10.9 Å². The molecule has 1 aromatic heterocycles. The fourth-order valence-corrected chi connectivity index (χ4v) is 2.80. The Bertz CT molecular complexity index is 587. The number of halogens is 1. The topological polar surface area (TPSA) is 25.4 Å². The number of fused-ring (bicyclic) bond motifs is 1. The molecular formula is C15H17ClN2O. The Labute approximate surface area is 118 Å². The van der Waals surface area contributed by atoms with E-state index in [4.69, 9.17) is 16.3 Å². The first-order valence-corrected chi connectivity index (χ1v) is 6.98. The third-order valence-corrected chi connectivity index (χ3v) is 3.88. The molecule has 2 aromatic rings. The zero-order valence-corrected chi connectivity index (χ0v) is 11.7. The smallest absolute Gasteiger partial charge is 0.0761 e. The number of ether oxygens (including phenoxy) is 1. The summed E-state index contributed by atoms with van der Waals surface area (Å²) in [5.41, 5.74) is 2.13. The lowest BCUT2D eigenvalue weighted by Crippen LogP contribution is -2.40. The van der Waals surface area contributed by atoms with Crippen LogP contribution in [-0.2, 0) is 11.3 Å². The van der Waals surface area contributed by atoms with Gasteiger partial charge in [0, 0.05) is 41.8 Å². The molecule has 3 rings (SSSR count). The highest BCUT2D eigenvalue weighted by molar-refractivity contribution is 6.32. The van der Waals surface area contributed by atoms with Crippen LogP contribution in [0.15, 0.2) is 30.5 Å². The third-order valence-electron chi connectivity index (χ3n) is 3.53. The number of pyridine rings is 1. The number of hydrogen-bond acceptors (Lipinski definition) is 3. The van der Waals surface area contributed by atoms with Crippen LogP contribution >= 0.6 is 11.6 Å². The molecule has 0 aliphatic carbocycles. The Kier molecular flexibility index (Phi) is 3.69. The zero-order valence-electron chi connectivity index (χ0n) is 11.0. The minimum Gasteiger partial charge on any atom is -0.376 e. The van der Waals surface area contributed by atoms with Gasteiger partial charge in [-0.05, 0) is 19.1 Å². The van der Waals surface area contributed by atoms with Crippen LogP contribution in [-0.4, -0.2) is 35.7 Å². The van der Waals surface area contributed by atoms with Crippen molar-refractivity contribution in [3.05, 3.63) is 41.0 Å². The van der Waals surface area contributed by atoms with Gasteiger partial charge in [0.2, 0.25) is 0 Å². The number of benzene rings is 1. The van der Waals surface area contributed by atoms with Crippen LogP contribution in [0, 0.1) is 0 Å². The second kappa shape index (κ2) is 5.45. The van der Waals surface area contributed by atoms with Gasteiger partial charge in [0.05, 0.1) is 18.2 Å². The highest BCUT2D eigenvalue weighted by Crippen LogP contribution is 2.26. The Hall–Kier alpha value is -1.16. The third kappa shape index (κ3) is 2.73. The molecule has 0 spiro atoms. The first kappa shape index (κ1) is 12.9. The van der Waals surface area contributed by atoms with Gasteiger partial charge in [-0.15, -0.1) is 0 Å². The van der Waals surface area contributed by atoms with Crippen LogP contribution in [0.3, 0.4) is 0 Å². The van der Waals surface area contributed by atoms with Crippen molar-refractivity contribution in [2.24, 2.45) is 0 Å². The number of aromatic nitrogens is 1. The molecule has 1 aromatic carbocycles. The van der Waals surface area contributed by atoms with E-state index in [1.54, 1.807) is 0 Å². The standard InChI is InChI=1S/C15H17ClN2O/c1-11-9-18(7-8-19-11)10-13-14(16)5-4-12-3-2-6-17-15(12)13/h2-6,11H,7-10H2,1H3/t11-/m0/s1. The van der Waals surface area contributed by atoms with Crippen LogP contribution in [0.2, 0.25) is 5.02 Å². The van der Waals surface area contributed by atoms with Crippen molar-refractivity contribution in [3.8, 4) is 0 Å². The summed E-state index contributed by atoms with van der Waals surface area (Å²) in [6, 6.07) is 8.02. The average Bonchev–Trinajstić information content (AvgIpc) is 2.42. The van der Waals surface area contributed by atoms with E-state index in [-0.39, 0.29) is 6.10 Å². The number of nitrogens with zero attached hydrogens (tertiary/aromatic N) is 2. The first-order chi connectivity index (χ1) is 9.24. The number of morpholine rings is 1. The zero-order chi connectivity index (χ0) is 13.2. The van der Waals surface area contributed by atoms with Crippen molar-refractivity contribution >= 4 is 22.5 Å². The van der Waals surface area contributed by atoms with Crippen molar-refractivity contribution in [2.45, 2.75) is 19.6 Å². The van der Waals surface area contributed by atoms with E-state index in [0.29, 0.717) is 0 Å². The van der Waals surface area contributed by atoms with Gasteiger partial charge in [-0.25, -0.2) is 0 Å². The Morgan fingerprint density at radius 3 is 3.16 bits per heavy atom. The molecule has 1 aliphatic rings. The van der Waals surface area contributed by atoms with Gasteiger partial charge in [0.25, 0.3) is 0 Å². The van der Waals surface area contributed by atoms with Crippen LogP contribution < -0.4 is 0 Å². The second-order valence-electron chi connectivity index (χ2n) is 5.02. The molecule has 19 heavy (non-hydrogen) atoms. The lowest BCUT2D eigenvalue weighted by Gasteiger charge is -2.31. The number of hydrogen-bond donors (Lipinski definition) is 0. The minimum atomic E-state index is 0.287. The normalized spacial score (nSPS) is 20.8. The molecule has 0 unspecified atom stereocenters. The van der Waals surface area contributed by atoms with Gasteiger partial charge < -0.3 is 4.74 Å². The van der Waals surface area contributed by atoms with E-state index in [9.17, 15) is 0 Å². The van der Waals surface area contributed by atoms with Crippen molar-refractivity contribution < 1.29 is 4.74 Å². The van der Waals surface area contributed by atoms with Crippen LogP contribution in [0.1, 0.15) is 12.5 Å². The molecule has 1 fully saturated rings. The average molecular weight is 277 g/mol. The molecule has 0 saturated carbocycles. The molecule has 0 amide bonds. The fourth-order valence-electron chi connectivity index (χ4n) is 2.59. The predicted molar refractivity (Wildman–Crippen MR) is 77.4 cm³/mol. The van der Waals surface area contributed by atoms with E-state index < -0.39 is 0 Å². The highest BCUT2D eigenvalue weighted by atomic mass is 35.5. The van der Waals surface area contributed by atoms with Crippen molar-refractivity contribution in [1.29, 1.82) is 0 Å². The van der Waals surface area contributed by atoms with Crippen LogP contribution in [0.4, 0.5) is 0 Å². The largest absolute Gasteiger partial charge is 0.376 e. The van der Waals surface area contributed by atoms with Crippen molar-refractivity contribution in [1.82, 2.24) is 9.88 Å². The van der Waals surface area contributed by atoms with Crippen molar-refractivity contribution in [2.75, 3.05) is 19.7 Å². The lowest BCUT2D eigenvalue weighted by molar-refractivity contribution is -0.0210. The fraction of sp³-hybridized carbons (Fsp3) is 0.400. The summed E-state index contributed by atoms with van der Waals surface area (Å²) in [5, 5.41) is 1.94. The molecule has 2 heterocycles. The predicted octanol–water partition coefficient (Wildman–Crippen LogP) is 3.11. The summed E-state index contributed by atoms with van der Waals surface area (Å²) in [6.45, 7) is 5.62. The van der Waals surface area contributed by atoms with E-state index in [0.717, 1.165) is 47.7 Å². The number of rotatable bonds is 2. The first-order valence-electron chi connectivity index (χ1n) is 6.60. The summed E-state index contributed by atoms with van der Waals surface area (Å²) in [4.78, 5) is 6.86.